The van der Waals surface area contributed by atoms with Gasteiger partial charge in [0.25, 0.3) is 0 Å². The number of nitrogen functional groups attached to an aromatic ring is 1. The summed E-state index contributed by atoms with van der Waals surface area (Å²) in [5.41, 5.74) is 1.32. The topological polar surface area (TPSA) is 72.2 Å². The van der Waals surface area contributed by atoms with Crippen molar-refractivity contribution in [2.24, 2.45) is 5.84 Å². The molecule has 19 heavy (non-hydrogen) atoms. The van der Waals surface area contributed by atoms with E-state index >= 15 is 0 Å². The van der Waals surface area contributed by atoms with Crippen LogP contribution in [0.25, 0.3) is 0 Å². The average Bonchev–Trinajstić information content (AvgIpc) is 2.37. The summed E-state index contributed by atoms with van der Waals surface area (Å²) in [4.78, 5) is 3.90. The maximum atomic E-state index is 12.6. The van der Waals surface area contributed by atoms with Crippen molar-refractivity contribution in [2.75, 3.05) is 31.0 Å². The van der Waals surface area contributed by atoms with Crippen LogP contribution in [0, 0.1) is 0 Å². The Morgan fingerprint density at radius 3 is 2.53 bits per heavy atom. The van der Waals surface area contributed by atoms with E-state index in [1.165, 1.54) is 0 Å². The van der Waals surface area contributed by atoms with Crippen molar-refractivity contribution >= 4 is 11.6 Å². The Bertz CT molecular complexity index is 398. The normalized spacial score (nSPS) is 11.4. The van der Waals surface area contributed by atoms with E-state index in [2.05, 4.69) is 15.7 Å². The molecular formula is C11H17F3N4O. The zero-order valence-corrected chi connectivity index (χ0v) is 10.5. The molecule has 0 unspecified atom stereocenters. The van der Waals surface area contributed by atoms with Crippen molar-refractivity contribution in [3.05, 3.63) is 17.7 Å². The third kappa shape index (κ3) is 5.31. The number of halogens is 3. The van der Waals surface area contributed by atoms with Gasteiger partial charge in [-0.25, -0.2) is 10.8 Å². The van der Waals surface area contributed by atoms with Gasteiger partial charge in [0.1, 0.15) is 11.6 Å². The number of hydrogen-bond acceptors (Lipinski definition) is 5. The summed E-state index contributed by atoms with van der Waals surface area (Å²) in [6.45, 7) is 1.13. The van der Waals surface area contributed by atoms with Crippen LogP contribution < -0.4 is 16.6 Å². The van der Waals surface area contributed by atoms with Gasteiger partial charge in [-0.05, 0) is 25.0 Å². The highest BCUT2D eigenvalue weighted by molar-refractivity contribution is 5.49. The number of unbranched alkanes of at least 4 members (excludes halogenated alkanes) is 1. The number of methoxy groups -OCH3 is 1. The molecule has 0 spiro atoms. The molecule has 108 valence electrons. The lowest BCUT2D eigenvalue weighted by Gasteiger charge is -2.12. The van der Waals surface area contributed by atoms with Crippen LogP contribution in [0.5, 0.6) is 0 Å². The molecule has 4 N–H and O–H groups in total. The van der Waals surface area contributed by atoms with E-state index in [4.69, 9.17) is 10.6 Å². The van der Waals surface area contributed by atoms with E-state index in [1.807, 2.05) is 0 Å². The summed E-state index contributed by atoms with van der Waals surface area (Å²) < 4.78 is 42.8. The zero-order chi connectivity index (χ0) is 14.3. The number of hydrazine groups is 1. The first-order valence-corrected chi connectivity index (χ1v) is 5.76. The van der Waals surface area contributed by atoms with Crippen LogP contribution in [0.15, 0.2) is 12.1 Å². The molecule has 0 fully saturated rings. The van der Waals surface area contributed by atoms with Crippen molar-refractivity contribution in [3.8, 4) is 0 Å². The molecule has 0 radical (unpaired) electrons. The van der Waals surface area contributed by atoms with E-state index < -0.39 is 11.7 Å². The molecule has 1 aromatic rings. The van der Waals surface area contributed by atoms with Crippen molar-refractivity contribution in [3.63, 3.8) is 0 Å². The highest BCUT2D eigenvalue weighted by Gasteiger charge is 2.31. The first-order chi connectivity index (χ1) is 8.97. The zero-order valence-electron chi connectivity index (χ0n) is 10.5. The van der Waals surface area contributed by atoms with Crippen LogP contribution in [0.4, 0.5) is 24.8 Å². The second-order valence-electron chi connectivity index (χ2n) is 3.90. The smallest absolute Gasteiger partial charge is 0.385 e. The SMILES string of the molecule is COCCCCNc1cc(C(F)(F)F)cc(NN)n1. The lowest BCUT2D eigenvalue weighted by Crippen LogP contribution is -2.14. The van der Waals surface area contributed by atoms with Crippen LogP contribution in [0.1, 0.15) is 18.4 Å². The fourth-order valence-corrected chi connectivity index (χ4v) is 1.45. The molecule has 0 saturated carbocycles. The molecule has 0 aromatic carbocycles. The van der Waals surface area contributed by atoms with E-state index in [0.29, 0.717) is 13.2 Å². The van der Waals surface area contributed by atoms with Gasteiger partial charge in [0.15, 0.2) is 0 Å². The Hall–Kier alpha value is -1.54. The second kappa shape index (κ2) is 7.15. The van der Waals surface area contributed by atoms with E-state index in [1.54, 1.807) is 7.11 Å². The Kier molecular flexibility index (Phi) is 5.84. The predicted octanol–water partition coefficient (Wildman–Crippen LogP) is 2.22. The molecule has 0 bridgehead atoms. The van der Waals surface area contributed by atoms with E-state index in [-0.39, 0.29) is 11.6 Å². The number of hydrogen-bond donors (Lipinski definition) is 3. The fourth-order valence-electron chi connectivity index (χ4n) is 1.45. The van der Waals surface area contributed by atoms with Crippen LogP contribution in [0.3, 0.4) is 0 Å². The van der Waals surface area contributed by atoms with Crippen molar-refractivity contribution in [2.45, 2.75) is 19.0 Å². The molecule has 1 aromatic heterocycles. The molecule has 8 heteroatoms. The average molecular weight is 278 g/mol. The number of nitrogens with one attached hydrogen (secondary N) is 2. The van der Waals surface area contributed by atoms with Gasteiger partial charge < -0.3 is 15.5 Å². The van der Waals surface area contributed by atoms with Gasteiger partial charge in [-0.3, -0.25) is 0 Å². The molecule has 0 aliphatic carbocycles. The Balaban J connectivity index is 2.67. The lowest BCUT2D eigenvalue weighted by atomic mass is 10.2. The fraction of sp³-hybridized carbons (Fsp3) is 0.545. The summed E-state index contributed by atoms with van der Waals surface area (Å²) >= 11 is 0. The largest absolute Gasteiger partial charge is 0.416 e. The van der Waals surface area contributed by atoms with E-state index in [0.717, 1.165) is 25.0 Å². The van der Waals surface area contributed by atoms with Gasteiger partial charge in [0.05, 0.1) is 5.56 Å². The monoisotopic (exact) mass is 278 g/mol. The Morgan fingerprint density at radius 2 is 1.95 bits per heavy atom. The molecule has 1 rings (SSSR count). The number of nitrogens with zero attached hydrogens (tertiary/aromatic N) is 1. The maximum Gasteiger partial charge on any atom is 0.416 e. The third-order valence-corrected chi connectivity index (χ3v) is 2.38. The van der Waals surface area contributed by atoms with Gasteiger partial charge >= 0.3 is 6.18 Å². The minimum Gasteiger partial charge on any atom is -0.385 e. The first kappa shape index (κ1) is 15.5. The highest BCUT2D eigenvalue weighted by atomic mass is 19.4. The van der Waals surface area contributed by atoms with Gasteiger partial charge in [-0.15, -0.1) is 0 Å². The van der Waals surface area contributed by atoms with Crippen molar-refractivity contribution < 1.29 is 17.9 Å². The number of pyridine rings is 1. The van der Waals surface area contributed by atoms with Gasteiger partial charge in [-0.2, -0.15) is 13.2 Å². The Labute approximate surface area is 109 Å². The number of rotatable bonds is 7. The van der Waals surface area contributed by atoms with Gasteiger partial charge in [0, 0.05) is 20.3 Å². The predicted molar refractivity (Wildman–Crippen MR) is 66.6 cm³/mol. The first-order valence-electron chi connectivity index (χ1n) is 5.76. The number of aromatic nitrogens is 1. The van der Waals surface area contributed by atoms with Crippen LogP contribution >= 0.6 is 0 Å². The third-order valence-electron chi connectivity index (χ3n) is 2.38. The summed E-state index contributed by atoms with van der Waals surface area (Å²) in [7, 11) is 1.60. The van der Waals surface area contributed by atoms with Crippen LogP contribution in [-0.4, -0.2) is 25.2 Å². The molecule has 0 atom stereocenters. The minimum absolute atomic E-state index is 0.0331. The minimum atomic E-state index is -4.43. The van der Waals surface area contributed by atoms with Gasteiger partial charge in [-0.1, -0.05) is 0 Å². The van der Waals surface area contributed by atoms with Gasteiger partial charge in [0.2, 0.25) is 0 Å². The number of alkyl halides is 3. The molecule has 5 nitrogen and oxygen atoms in total. The number of ether oxygens (including phenoxy) is 1. The van der Waals surface area contributed by atoms with E-state index in [9.17, 15) is 13.2 Å². The molecule has 0 aliphatic rings. The maximum absolute atomic E-state index is 12.6. The summed E-state index contributed by atoms with van der Waals surface area (Å²) in [5.74, 6) is 5.21. The van der Waals surface area contributed by atoms with Crippen molar-refractivity contribution in [1.29, 1.82) is 0 Å². The van der Waals surface area contributed by atoms with Crippen LogP contribution in [-0.2, 0) is 10.9 Å². The number of anilines is 2. The molecule has 0 saturated heterocycles. The van der Waals surface area contributed by atoms with Crippen molar-refractivity contribution in [1.82, 2.24) is 4.98 Å². The standard InChI is InChI=1S/C11H17F3N4O/c1-19-5-3-2-4-16-9-6-8(11(12,13)14)7-10(17-9)18-15/h6-7H,2-5,15H2,1H3,(H2,16,17,18). The highest BCUT2D eigenvalue weighted by Crippen LogP contribution is 2.31. The molecular weight excluding hydrogens is 261 g/mol. The Morgan fingerprint density at radius 1 is 1.26 bits per heavy atom. The second-order valence-corrected chi connectivity index (χ2v) is 3.90. The summed E-state index contributed by atoms with van der Waals surface area (Å²) in [5, 5.41) is 2.83. The molecule has 1 heterocycles. The lowest BCUT2D eigenvalue weighted by molar-refractivity contribution is -0.137. The quantitative estimate of drug-likeness (QED) is 0.405. The molecule has 0 amide bonds. The van der Waals surface area contributed by atoms with Crippen LogP contribution in [0.2, 0.25) is 0 Å². The number of nitrogens with two attached hydrogens (primary N) is 1. The summed E-state index contributed by atoms with van der Waals surface area (Å²) in [6.07, 6.45) is -2.83. The summed E-state index contributed by atoms with van der Waals surface area (Å²) in [6, 6.07) is 1.81. The molecule has 0 aliphatic heterocycles.